The molecule has 1 fully saturated rings. The monoisotopic (exact) mass is 305 g/mol. The second-order valence-electron chi connectivity index (χ2n) is 4.34. The van der Waals surface area contributed by atoms with E-state index in [9.17, 15) is 13.8 Å². The minimum atomic E-state index is -4.61. The molecule has 0 unspecified atom stereocenters. The van der Waals surface area contributed by atoms with Crippen LogP contribution in [0, 0.1) is 12.7 Å². The molecule has 7 nitrogen and oxygen atoms in total. The van der Waals surface area contributed by atoms with E-state index >= 15 is 0 Å². The van der Waals surface area contributed by atoms with E-state index in [2.05, 4.69) is 4.52 Å². The predicted octanol–water partition coefficient (Wildman–Crippen LogP) is 1.57. The first-order valence-electron chi connectivity index (χ1n) is 5.70. The average Bonchev–Trinajstić information content (AvgIpc) is 2.71. The lowest BCUT2D eigenvalue weighted by Crippen LogP contribution is -2.25. The van der Waals surface area contributed by atoms with Crippen LogP contribution in [0.4, 0.5) is 14.9 Å². The third-order valence-electron chi connectivity index (χ3n) is 2.77. The number of carbonyl (C=O) groups excluding carboxylic acids is 1. The highest BCUT2D eigenvalue weighted by atomic mass is 31.2. The summed E-state index contributed by atoms with van der Waals surface area (Å²) in [5.41, 5.74) is 0.763. The quantitative estimate of drug-likeness (QED) is 0.820. The van der Waals surface area contributed by atoms with Crippen LogP contribution in [0.5, 0.6) is 0 Å². The minimum Gasteiger partial charge on any atom is -0.441 e. The van der Waals surface area contributed by atoms with Gasteiger partial charge in [-0.1, -0.05) is 6.07 Å². The van der Waals surface area contributed by atoms with Gasteiger partial charge >= 0.3 is 13.9 Å². The molecule has 1 aromatic rings. The molecule has 1 aliphatic heterocycles. The van der Waals surface area contributed by atoms with Gasteiger partial charge in [-0.25, -0.2) is 13.8 Å². The molecular weight excluding hydrogens is 292 g/mol. The fourth-order valence-electron chi connectivity index (χ4n) is 1.75. The van der Waals surface area contributed by atoms with Crippen molar-refractivity contribution >= 4 is 19.6 Å². The number of amides is 1. The molecule has 1 aliphatic rings. The lowest BCUT2D eigenvalue weighted by Gasteiger charge is -2.13. The summed E-state index contributed by atoms with van der Waals surface area (Å²) < 4.78 is 33.2. The molecule has 0 bridgehead atoms. The lowest BCUT2D eigenvalue weighted by atomic mass is 10.2. The Morgan fingerprint density at radius 2 is 2.25 bits per heavy atom. The van der Waals surface area contributed by atoms with E-state index in [0.29, 0.717) is 11.3 Å². The SMILES string of the molecule is Cc1ccc(N2C[C@H](COP(=O)(O)O)OC2=O)cc1F. The number of rotatable bonds is 4. The number of anilines is 1. The lowest BCUT2D eigenvalue weighted by molar-refractivity contribution is 0.0880. The summed E-state index contributed by atoms with van der Waals surface area (Å²) in [6.45, 7) is 1.19. The number of aryl methyl sites for hydroxylation is 1. The summed E-state index contributed by atoms with van der Waals surface area (Å²) in [5.74, 6) is -0.454. The highest BCUT2D eigenvalue weighted by Gasteiger charge is 2.34. The van der Waals surface area contributed by atoms with Crippen LogP contribution in [0.3, 0.4) is 0 Å². The molecule has 1 aromatic carbocycles. The summed E-state index contributed by atoms with van der Waals surface area (Å²) in [7, 11) is -4.61. The Morgan fingerprint density at radius 1 is 1.55 bits per heavy atom. The van der Waals surface area contributed by atoms with E-state index in [4.69, 9.17) is 14.5 Å². The van der Waals surface area contributed by atoms with Crippen molar-refractivity contribution in [2.24, 2.45) is 0 Å². The number of phosphoric ester groups is 1. The Balaban J connectivity index is 2.05. The number of phosphoric acid groups is 1. The number of ether oxygens (including phenoxy) is 1. The molecule has 20 heavy (non-hydrogen) atoms. The Bertz CT molecular complexity index is 574. The van der Waals surface area contributed by atoms with Gasteiger partial charge in [-0.15, -0.1) is 0 Å². The second-order valence-corrected chi connectivity index (χ2v) is 5.58. The van der Waals surface area contributed by atoms with Crippen LogP contribution in [-0.2, 0) is 13.8 Å². The first-order valence-corrected chi connectivity index (χ1v) is 7.24. The van der Waals surface area contributed by atoms with E-state index in [1.165, 1.54) is 17.0 Å². The summed E-state index contributed by atoms with van der Waals surface area (Å²) in [5, 5.41) is 0. The van der Waals surface area contributed by atoms with E-state index < -0.39 is 32.4 Å². The molecule has 0 spiro atoms. The van der Waals surface area contributed by atoms with E-state index in [1.54, 1.807) is 13.0 Å². The molecule has 2 N–H and O–H groups in total. The summed E-state index contributed by atoms with van der Waals surface area (Å²) in [6.07, 6.45) is -1.54. The van der Waals surface area contributed by atoms with Crippen LogP contribution < -0.4 is 4.90 Å². The van der Waals surface area contributed by atoms with E-state index in [-0.39, 0.29) is 6.54 Å². The van der Waals surface area contributed by atoms with Crippen LogP contribution in [0.2, 0.25) is 0 Å². The maximum absolute atomic E-state index is 13.5. The summed E-state index contributed by atoms with van der Waals surface area (Å²) in [6, 6.07) is 4.28. The zero-order chi connectivity index (χ0) is 14.9. The topological polar surface area (TPSA) is 96.3 Å². The van der Waals surface area contributed by atoms with Gasteiger partial charge in [-0.3, -0.25) is 9.42 Å². The van der Waals surface area contributed by atoms with Crippen LogP contribution in [0.1, 0.15) is 5.56 Å². The molecule has 1 saturated heterocycles. The fourth-order valence-corrected chi connectivity index (χ4v) is 2.11. The standard InChI is InChI=1S/C11H13FNO6P/c1-7-2-3-8(4-10(7)12)13-5-9(19-11(13)14)6-18-20(15,16)17/h2-4,9H,5-6H2,1H3,(H2,15,16,17)/t9-/m1/s1. The zero-order valence-electron chi connectivity index (χ0n) is 10.5. The van der Waals surface area contributed by atoms with Crippen molar-refractivity contribution in [3.63, 3.8) is 0 Å². The van der Waals surface area contributed by atoms with Gasteiger partial charge in [0.15, 0.2) is 0 Å². The maximum atomic E-state index is 13.5. The van der Waals surface area contributed by atoms with Gasteiger partial charge < -0.3 is 14.5 Å². The van der Waals surface area contributed by atoms with Gasteiger partial charge in [0.25, 0.3) is 0 Å². The van der Waals surface area contributed by atoms with Crippen molar-refractivity contribution < 1.29 is 32.8 Å². The second kappa shape index (κ2) is 5.49. The normalized spacial score (nSPS) is 19.3. The zero-order valence-corrected chi connectivity index (χ0v) is 11.4. The largest absolute Gasteiger partial charge is 0.469 e. The van der Waals surface area contributed by atoms with Crippen molar-refractivity contribution in [1.82, 2.24) is 0 Å². The molecule has 9 heteroatoms. The number of carbonyl (C=O) groups is 1. The van der Waals surface area contributed by atoms with Gasteiger partial charge in [-0.05, 0) is 24.6 Å². The van der Waals surface area contributed by atoms with Crippen LogP contribution >= 0.6 is 7.82 Å². The molecule has 0 aromatic heterocycles. The molecule has 110 valence electrons. The number of cyclic esters (lactones) is 1. The van der Waals surface area contributed by atoms with Gasteiger partial charge in [0.2, 0.25) is 0 Å². The van der Waals surface area contributed by atoms with Crippen molar-refractivity contribution in [3.05, 3.63) is 29.6 Å². The van der Waals surface area contributed by atoms with Crippen molar-refractivity contribution in [3.8, 4) is 0 Å². The number of benzene rings is 1. The molecule has 1 amide bonds. The predicted molar refractivity (Wildman–Crippen MR) is 66.7 cm³/mol. The van der Waals surface area contributed by atoms with Gasteiger partial charge in [0, 0.05) is 0 Å². The number of hydrogen-bond acceptors (Lipinski definition) is 4. The average molecular weight is 305 g/mol. The smallest absolute Gasteiger partial charge is 0.441 e. The third kappa shape index (κ3) is 3.55. The van der Waals surface area contributed by atoms with Crippen molar-refractivity contribution in [2.45, 2.75) is 13.0 Å². The Kier molecular flexibility index (Phi) is 4.10. The minimum absolute atomic E-state index is 0.0291. The molecule has 1 atom stereocenters. The van der Waals surface area contributed by atoms with Gasteiger partial charge in [0.1, 0.15) is 11.9 Å². The highest BCUT2D eigenvalue weighted by Crippen LogP contribution is 2.36. The van der Waals surface area contributed by atoms with E-state index in [0.717, 1.165) is 0 Å². The Morgan fingerprint density at radius 3 is 2.85 bits per heavy atom. The van der Waals surface area contributed by atoms with Crippen LogP contribution in [-0.4, -0.2) is 35.1 Å². The maximum Gasteiger partial charge on any atom is 0.469 e. The summed E-state index contributed by atoms with van der Waals surface area (Å²) in [4.78, 5) is 30.0. The Labute approximate surface area is 114 Å². The highest BCUT2D eigenvalue weighted by molar-refractivity contribution is 7.46. The molecule has 1 heterocycles. The molecule has 0 aliphatic carbocycles. The molecule has 0 saturated carbocycles. The first-order chi connectivity index (χ1) is 9.26. The molecular formula is C11H13FNO6P. The van der Waals surface area contributed by atoms with Crippen LogP contribution in [0.25, 0.3) is 0 Å². The summed E-state index contributed by atoms with van der Waals surface area (Å²) >= 11 is 0. The van der Waals surface area contributed by atoms with Crippen molar-refractivity contribution in [1.29, 1.82) is 0 Å². The first kappa shape index (κ1) is 14.9. The molecule has 0 radical (unpaired) electrons. The Hall–Kier alpha value is -1.47. The number of hydrogen-bond donors (Lipinski definition) is 2. The van der Waals surface area contributed by atoms with E-state index in [1.807, 2.05) is 0 Å². The van der Waals surface area contributed by atoms with Crippen molar-refractivity contribution in [2.75, 3.05) is 18.1 Å². The van der Waals surface area contributed by atoms with Gasteiger partial charge in [0.05, 0.1) is 18.8 Å². The molecule has 2 rings (SSSR count). The third-order valence-corrected chi connectivity index (χ3v) is 3.26. The number of nitrogens with zero attached hydrogens (tertiary/aromatic N) is 1. The van der Waals surface area contributed by atoms with Crippen LogP contribution in [0.15, 0.2) is 18.2 Å². The fraction of sp³-hybridized carbons (Fsp3) is 0.364. The van der Waals surface area contributed by atoms with Gasteiger partial charge in [-0.2, -0.15) is 0 Å². The number of halogens is 1.